The molecule has 5 nitrogen and oxygen atoms in total. The van der Waals surface area contributed by atoms with Crippen molar-refractivity contribution in [1.82, 2.24) is 4.98 Å². The summed E-state index contributed by atoms with van der Waals surface area (Å²) in [7, 11) is 1.45. The van der Waals surface area contributed by atoms with Gasteiger partial charge >= 0.3 is 5.97 Å². The van der Waals surface area contributed by atoms with Crippen molar-refractivity contribution in [3.8, 4) is 17.2 Å². The summed E-state index contributed by atoms with van der Waals surface area (Å²) in [4.78, 5) is 16.0. The predicted molar refractivity (Wildman–Crippen MR) is 73.8 cm³/mol. The molecule has 0 aliphatic rings. The molecule has 0 atom stereocenters. The van der Waals surface area contributed by atoms with E-state index in [2.05, 4.69) is 4.98 Å². The molecule has 112 valence electrons. The molecule has 0 N–H and O–H groups in total. The molecule has 2 rings (SSSR count). The minimum atomic E-state index is -0.595. The van der Waals surface area contributed by atoms with Crippen LogP contribution in [0.3, 0.4) is 0 Å². The molecular formula is C15H16FNO4. The van der Waals surface area contributed by atoms with Gasteiger partial charge in [-0.2, -0.15) is 0 Å². The van der Waals surface area contributed by atoms with Crippen LogP contribution in [0.5, 0.6) is 5.75 Å². The van der Waals surface area contributed by atoms with Gasteiger partial charge in [0.1, 0.15) is 11.6 Å². The van der Waals surface area contributed by atoms with E-state index in [0.29, 0.717) is 17.9 Å². The fourth-order valence-electron chi connectivity index (χ4n) is 1.86. The van der Waals surface area contributed by atoms with Gasteiger partial charge in [-0.1, -0.05) is 6.92 Å². The summed E-state index contributed by atoms with van der Waals surface area (Å²) in [6, 6.07) is 4.32. The standard InChI is InChI=1S/C15H16FNO4/c1-4-12-13(15(18)20-5-2)21-14(17-12)10-7-6-9(19-3)8-11(10)16/h6-8H,4-5H2,1-3H3. The molecule has 0 saturated heterocycles. The molecule has 0 saturated carbocycles. The highest BCUT2D eigenvalue weighted by Crippen LogP contribution is 2.28. The van der Waals surface area contributed by atoms with Gasteiger partial charge in [0.15, 0.2) is 0 Å². The molecule has 6 heteroatoms. The van der Waals surface area contributed by atoms with E-state index in [1.165, 1.54) is 19.2 Å². The van der Waals surface area contributed by atoms with Crippen LogP contribution in [0.1, 0.15) is 30.1 Å². The Bertz CT molecular complexity index is 651. The zero-order chi connectivity index (χ0) is 15.4. The number of nitrogens with zero attached hydrogens (tertiary/aromatic N) is 1. The van der Waals surface area contributed by atoms with Gasteiger partial charge < -0.3 is 13.9 Å². The smallest absolute Gasteiger partial charge is 0.376 e. The van der Waals surface area contributed by atoms with Crippen LogP contribution in [0.25, 0.3) is 11.5 Å². The van der Waals surface area contributed by atoms with Crippen molar-refractivity contribution in [2.45, 2.75) is 20.3 Å². The molecule has 0 aliphatic heterocycles. The second-order valence-corrected chi connectivity index (χ2v) is 4.21. The van der Waals surface area contributed by atoms with Gasteiger partial charge in [0.25, 0.3) is 0 Å². The third-order valence-corrected chi connectivity index (χ3v) is 2.90. The lowest BCUT2D eigenvalue weighted by Crippen LogP contribution is -2.05. The Balaban J connectivity index is 2.43. The molecule has 21 heavy (non-hydrogen) atoms. The fraction of sp³-hybridized carbons (Fsp3) is 0.333. The number of ether oxygens (including phenoxy) is 2. The van der Waals surface area contributed by atoms with E-state index >= 15 is 0 Å². The molecule has 0 aliphatic carbocycles. The number of hydrogen-bond donors (Lipinski definition) is 0. The van der Waals surface area contributed by atoms with E-state index < -0.39 is 11.8 Å². The largest absolute Gasteiger partial charge is 0.497 e. The lowest BCUT2D eigenvalue weighted by atomic mass is 10.2. The third-order valence-electron chi connectivity index (χ3n) is 2.90. The van der Waals surface area contributed by atoms with E-state index in [1.807, 2.05) is 6.92 Å². The maximum absolute atomic E-state index is 14.0. The van der Waals surface area contributed by atoms with Crippen molar-refractivity contribution in [2.24, 2.45) is 0 Å². The van der Waals surface area contributed by atoms with E-state index in [4.69, 9.17) is 13.9 Å². The molecule has 0 unspecified atom stereocenters. The van der Waals surface area contributed by atoms with Gasteiger partial charge in [0.05, 0.1) is 25.0 Å². The summed E-state index contributed by atoms with van der Waals surface area (Å²) >= 11 is 0. The second-order valence-electron chi connectivity index (χ2n) is 4.21. The first-order valence-corrected chi connectivity index (χ1v) is 6.61. The summed E-state index contributed by atoms with van der Waals surface area (Å²) in [5.41, 5.74) is 0.611. The van der Waals surface area contributed by atoms with E-state index in [0.717, 1.165) is 0 Å². The zero-order valence-electron chi connectivity index (χ0n) is 12.1. The van der Waals surface area contributed by atoms with Gasteiger partial charge in [0, 0.05) is 6.07 Å². The van der Waals surface area contributed by atoms with Crippen LogP contribution in [0.15, 0.2) is 22.6 Å². The van der Waals surface area contributed by atoms with E-state index in [1.54, 1.807) is 13.0 Å². The zero-order valence-corrected chi connectivity index (χ0v) is 12.1. The maximum Gasteiger partial charge on any atom is 0.376 e. The van der Waals surface area contributed by atoms with E-state index in [9.17, 15) is 9.18 Å². The second kappa shape index (κ2) is 6.39. The number of rotatable bonds is 5. The number of aromatic nitrogens is 1. The molecule has 0 fully saturated rings. The molecule has 1 heterocycles. The Morgan fingerprint density at radius 1 is 1.38 bits per heavy atom. The average molecular weight is 293 g/mol. The van der Waals surface area contributed by atoms with Crippen LogP contribution in [-0.2, 0) is 11.2 Å². The first-order valence-electron chi connectivity index (χ1n) is 6.61. The monoisotopic (exact) mass is 293 g/mol. The molecule has 0 radical (unpaired) electrons. The van der Waals surface area contributed by atoms with Crippen LogP contribution in [-0.4, -0.2) is 24.7 Å². The lowest BCUT2D eigenvalue weighted by molar-refractivity contribution is 0.0489. The summed E-state index contributed by atoms with van der Waals surface area (Å²) in [5.74, 6) is -0.667. The number of hydrogen-bond acceptors (Lipinski definition) is 5. The number of benzene rings is 1. The van der Waals surface area contributed by atoms with Gasteiger partial charge in [-0.3, -0.25) is 0 Å². The van der Waals surface area contributed by atoms with Gasteiger partial charge in [-0.15, -0.1) is 0 Å². The van der Waals surface area contributed by atoms with Crippen molar-refractivity contribution in [3.05, 3.63) is 35.5 Å². The van der Waals surface area contributed by atoms with Crippen molar-refractivity contribution >= 4 is 5.97 Å². The number of esters is 1. The highest BCUT2D eigenvalue weighted by Gasteiger charge is 2.22. The van der Waals surface area contributed by atoms with Gasteiger partial charge in [-0.05, 0) is 25.5 Å². The maximum atomic E-state index is 14.0. The quantitative estimate of drug-likeness (QED) is 0.792. The molecule has 2 aromatic rings. The predicted octanol–water partition coefficient (Wildman–Crippen LogP) is 3.23. The lowest BCUT2D eigenvalue weighted by Gasteiger charge is -2.02. The number of oxazole rings is 1. The molecule has 1 aromatic carbocycles. The van der Waals surface area contributed by atoms with Crippen LogP contribution in [0, 0.1) is 5.82 Å². The summed E-state index contributed by atoms with van der Waals surface area (Å²) in [6.07, 6.45) is 0.482. The first-order chi connectivity index (χ1) is 10.1. The minimum Gasteiger partial charge on any atom is -0.497 e. The minimum absolute atomic E-state index is 0.0181. The fourth-order valence-corrected chi connectivity index (χ4v) is 1.86. The van der Waals surface area contributed by atoms with E-state index in [-0.39, 0.29) is 23.8 Å². The van der Waals surface area contributed by atoms with Crippen LogP contribution >= 0.6 is 0 Å². The topological polar surface area (TPSA) is 61.6 Å². The molecular weight excluding hydrogens is 277 g/mol. The van der Waals surface area contributed by atoms with Crippen molar-refractivity contribution in [2.75, 3.05) is 13.7 Å². The number of halogens is 1. The first kappa shape index (κ1) is 15.0. The Hall–Kier alpha value is -2.37. The molecule has 0 spiro atoms. The summed E-state index contributed by atoms with van der Waals surface area (Å²) < 4.78 is 29.3. The van der Waals surface area contributed by atoms with Gasteiger partial charge in [0.2, 0.25) is 11.7 Å². The SMILES string of the molecule is CCOC(=O)c1oc(-c2ccc(OC)cc2F)nc1CC. The third kappa shape index (κ3) is 3.04. The van der Waals surface area contributed by atoms with Crippen LogP contribution < -0.4 is 4.74 Å². The molecule has 0 bridgehead atoms. The molecule has 0 amide bonds. The molecule has 1 aromatic heterocycles. The van der Waals surface area contributed by atoms with Crippen molar-refractivity contribution < 1.29 is 23.1 Å². The van der Waals surface area contributed by atoms with Gasteiger partial charge in [-0.25, -0.2) is 14.2 Å². The Morgan fingerprint density at radius 2 is 2.14 bits per heavy atom. The number of methoxy groups -OCH3 is 1. The number of aryl methyl sites for hydroxylation is 1. The van der Waals surface area contributed by atoms with Crippen molar-refractivity contribution in [1.29, 1.82) is 0 Å². The van der Waals surface area contributed by atoms with Crippen LogP contribution in [0.4, 0.5) is 4.39 Å². The van der Waals surface area contributed by atoms with Crippen molar-refractivity contribution in [3.63, 3.8) is 0 Å². The number of carbonyl (C=O) groups is 1. The summed E-state index contributed by atoms with van der Waals surface area (Å²) in [6.45, 7) is 3.76. The highest BCUT2D eigenvalue weighted by molar-refractivity contribution is 5.88. The van der Waals surface area contributed by atoms with Crippen LogP contribution in [0.2, 0.25) is 0 Å². The Kier molecular flexibility index (Phi) is 4.57. The average Bonchev–Trinajstić information content (AvgIpc) is 2.91. The number of carbonyl (C=O) groups excluding carboxylic acids is 1. The normalized spacial score (nSPS) is 10.5. The Morgan fingerprint density at radius 3 is 2.71 bits per heavy atom. The summed E-state index contributed by atoms with van der Waals surface area (Å²) in [5, 5.41) is 0. The highest BCUT2D eigenvalue weighted by atomic mass is 19.1. The Labute approximate surface area is 121 Å².